The van der Waals surface area contributed by atoms with Gasteiger partial charge in [-0.2, -0.15) is 0 Å². The number of anilines is 1. The van der Waals surface area contributed by atoms with Gasteiger partial charge >= 0.3 is 5.97 Å². The van der Waals surface area contributed by atoms with E-state index in [2.05, 4.69) is 5.32 Å². The number of nitrogens with one attached hydrogen (secondary N) is 1. The van der Waals surface area contributed by atoms with Crippen molar-refractivity contribution in [3.63, 3.8) is 0 Å². The number of carbonyl (C=O) groups is 1. The van der Waals surface area contributed by atoms with E-state index in [4.69, 9.17) is 19.3 Å². The van der Waals surface area contributed by atoms with Gasteiger partial charge in [0.05, 0.1) is 31.3 Å². The number of nitro groups is 1. The summed E-state index contributed by atoms with van der Waals surface area (Å²) in [4.78, 5) is 22.9. The van der Waals surface area contributed by atoms with Crippen molar-refractivity contribution in [2.24, 2.45) is 0 Å². The third kappa shape index (κ3) is 5.08. The van der Waals surface area contributed by atoms with E-state index in [1.54, 1.807) is 18.2 Å². The van der Waals surface area contributed by atoms with Gasteiger partial charge in [-0.1, -0.05) is 0 Å². The standard InChI is InChI=1S/C18H20N2O7/c1-25-14-4-6-17(26-2)12(9-14)11-27-18(22)15-10-13(20(23)24)3-5-16(15)19-7-8-21/h3-6,9-10,19,21H,7-8,11H2,1-2H3. The fraction of sp³-hybridized carbons (Fsp3) is 0.278. The molecule has 0 bridgehead atoms. The molecule has 2 N–H and O–H groups in total. The summed E-state index contributed by atoms with van der Waals surface area (Å²) < 4.78 is 15.7. The lowest BCUT2D eigenvalue weighted by Gasteiger charge is -2.13. The van der Waals surface area contributed by atoms with Crippen LogP contribution in [-0.2, 0) is 11.3 Å². The molecular weight excluding hydrogens is 356 g/mol. The topological polar surface area (TPSA) is 120 Å². The van der Waals surface area contributed by atoms with Crippen LogP contribution in [0.25, 0.3) is 0 Å². The molecule has 0 radical (unpaired) electrons. The summed E-state index contributed by atoms with van der Waals surface area (Å²) in [5, 5.41) is 22.8. The Morgan fingerprint density at radius 1 is 1.19 bits per heavy atom. The number of carbonyl (C=O) groups excluding carboxylic acids is 1. The van der Waals surface area contributed by atoms with Crippen LogP contribution in [-0.4, -0.2) is 43.4 Å². The van der Waals surface area contributed by atoms with Crippen molar-refractivity contribution >= 4 is 17.3 Å². The minimum Gasteiger partial charge on any atom is -0.497 e. The first kappa shape index (κ1) is 20.0. The smallest absolute Gasteiger partial charge is 0.340 e. The Bertz CT molecular complexity index is 823. The number of nitrogens with zero attached hydrogens (tertiary/aromatic N) is 1. The van der Waals surface area contributed by atoms with Crippen LogP contribution < -0.4 is 14.8 Å². The lowest BCUT2D eigenvalue weighted by Crippen LogP contribution is -2.13. The van der Waals surface area contributed by atoms with Crippen molar-refractivity contribution in [2.75, 3.05) is 32.7 Å². The maximum absolute atomic E-state index is 12.5. The first-order valence-corrected chi connectivity index (χ1v) is 8.01. The summed E-state index contributed by atoms with van der Waals surface area (Å²) in [7, 11) is 3.00. The molecule has 0 saturated carbocycles. The molecule has 27 heavy (non-hydrogen) atoms. The Morgan fingerprint density at radius 3 is 2.59 bits per heavy atom. The zero-order chi connectivity index (χ0) is 19.8. The van der Waals surface area contributed by atoms with Crippen molar-refractivity contribution in [1.82, 2.24) is 0 Å². The van der Waals surface area contributed by atoms with E-state index < -0.39 is 10.9 Å². The Kier molecular flexibility index (Phi) is 6.95. The number of aliphatic hydroxyl groups is 1. The molecule has 2 rings (SSSR count). The molecule has 0 aliphatic rings. The van der Waals surface area contributed by atoms with Gasteiger partial charge in [-0.15, -0.1) is 0 Å². The average molecular weight is 376 g/mol. The third-order valence-corrected chi connectivity index (χ3v) is 3.71. The summed E-state index contributed by atoms with van der Waals surface area (Å²) in [5.74, 6) is 0.341. The molecule has 144 valence electrons. The number of ether oxygens (including phenoxy) is 3. The second kappa shape index (κ2) is 9.39. The van der Waals surface area contributed by atoms with Gasteiger partial charge in [0.2, 0.25) is 0 Å². The normalized spacial score (nSPS) is 10.2. The summed E-state index contributed by atoms with van der Waals surface area (Å²) in [6.07, 6.45) is 0. The van der Waals surface area contributed by atoms with Crippen LogP contribution >= 0.6 is 0 Å². The van der Waals surface area contributed by atoms with Crippen LogP contribution in [0.1, 0.15) is 15.9 Å². The number of esters is 1. The SMILES string of the molecule is COc1ccc(OC)c(COC(=O)c2cc([N+](=O)[O-])ccc2NCCO)c1. The van der Waals surface area contributed by atoms with E-state index in [-0.39, 0.29) is 31.0 Å². The number of hydrogen-bond donors (Lipinski definition) is 2. The average Bonchev–Trinajstić information content (AvgIpc) is 2.69. The molecule has 2 aromatic rings. The number of non-ortho nitro benzene ring substituents is 1. The monoisotopic (exact) mass is 376 g/mol. The van der Waals surface area contributed by atoms with E-state index >= 15 is 0 Å². The minimum absolute atomic E-state index is 0.000451. The Labute approximate surface area is 155 Å². The summed E-state index contributed by atoms with van der Waals surface area (Å²) >= 11 is 0. The third-order valence-electron chi connectivity index (χ3n) is 3.71. The fourth-order valence-corrected chi connectivity index (χ4v) is 2.38. The van der Waals surface area contributed by atoms with E-state index in [1.807, 2.05) is 0 Å². The highest BCUT2D eigenvalue weighted by Gasteiger charge is 2.19. The van der Waals surface area contributed by atoms with Gasteiger partial charge in [0, 0.05) is 29.9 Å². The van der Waals surface area contributed by atoms with E-state index in [0.717, 1.165) is 6.07 Å². The number of aliphatic hydroxyl groups excluding tert-OH is 1. The van der Waals surface area contributed by atoms with Gasteiger partial charge in [0.1, 0.15) is 18.1 Å². The van der Waals surface area contributed by atoms with Crippen molar-refractivity contribution in [2.45, 2.75) is 6.61 Å². The zero-order valence-corrected chi connectivity index (χ0v) is 14.9. The Hall–Kier alpha value is -3.33. The van der Waals surface area contributed by atoms with Gasteiger partial charge < -0.3 is 24.6 Å². The highest BCUT2D eigenvalue weighted by atomic mass is 16.6. The van der Waals surface area contributed by atoms with Gasteiger partial charge in [-0.3, -0.25) is 10.1 Å². The molecule has 0 unspecified atom stereocenters. The predicted octanol–water partition coefficient (Wildman–Crippen LogP) is 2.37. The molecule has 2 aromatic carbocycles. The van der Waals surface area contributed by atoms with E-state index in [9.17, 15) is 14.9 Å². The highest BCUT2D eigenvalue weighted by Crippen LogP contribution is 2.27. The molecular formula is C18H20N2O7. The number of rotatable bonds is 9. The quantitative estimate of drug-likeness (QED) is 0.389. The second-order valence-corrected chi connectivity index (χ2v) is 5.39. The first-order valence-electron chi connectivity index (χ1n) is 8.01. The number of nitro benzene ring substituents is 1. The molecule has 0 aliphatic heterocycles. The van der Waals surface area contributed by atoms with Crippen LogP contribution in [0.15, 0.2) is 36.4 Å². The zero-order valence-electron chi connectivity index (χ0n) is 14.9. The lowest BCUT2D eigenvalue weighted by atomic mass is 10.1. The number of methoxy groups -OCH3 is 2. The van der Waals surface area contributed by atoms with Crippen LogP contribution in [0.5, 0.6) is 11.5 Å². The molecule has 0 amide bonds. The molecule has 0 saturated heterocycles. The summed E-state index contributed by atoms with van der Waals surface area (Å²) in [6, 6.07) is 8.86. The Balaban J connectivity index is 2.24. The van der Waals surface area contributed by atoms with Crippen LogP contribution in [0, 0.1) is 10.1 Å². The van der Waals surface area contributed by atoms with E-state index in [1.165, 1.54) is 26.4 Å². The van der Waals surface area contributed by atoms with E-state index in [0.29, 0.717) is 22.7 Å². The first-order chi connectivity index (χ1) is 13.0. The largest absolute Gasteiger partial charge is 0.497 e. The molecule has 0 spiro atoms. The van der Waals surface area contributed by atoms with Crippen LogP contribution in [0.3, 0.4) is 0 Å². The van der Waals surface area contributed by atoms with Gasteiger partial charge in [-0.05, 0) is 24.3 Å². The van der Waals surface area contributed by atoms with Gasteiger partial charge in [0.25, 0.3) is 5.69 Å². The van der Waals surface area contributed by atoms with Crippen LogP contribution in [0.4, 0.5) is 11.4 Å². The number of hydrogen-bond acceptors (Lipinski definition) is 8. The molecule has 0 atom stereocenters. The fourth-order valence-electron chi connectivity index (χ4n) is 2.38. The Morgan fingerprint density at radius 2 is 1.96 bits per heavy atom. The molecule has 0 heterocycles. The van der Waals surface area contributed by atoms with Crippen molar-refractivity contribution in [3.05, 3.63) is 57.6 Å². The van der Waals surface area contributed by atoms with Gasteiger partial charge in [0.15, 0.2) is 0 Å². The predicted molar refractivity (Wildman–Crippen MR) is 97.3 cm³/mol. The molecule has 0 aromatic heterocycles. The molecule has 0 fully saturated rings. The van der Waals surface area contributed by atoms with Gasteiger partial charge in [-0.25, -0.2) is 4.79 Å². The number of benzene rings is 2. The maximum Gasteiger partial charge on any atom is 0.340 e. The maximum atomic E-state index is 12.5. The molecule has 9 nitrogen and oxygen atoms in total. The second-order valence-electron chi connectivity index (χ2n) is 5.39. The molecule has 9 heteroatoms. The van der Waals surface area contributed by atoms with Crippen LogP contribution in [0.2, 0.25) is 0 Å². The highest BCUT2D eigenvalue weighted by molar-refractivity contribution is 5.96. The van der Waals surface area contributed by atoms with Crippen molar-refractivity contribution in [3.8, 4) is 11.5 Å². The van der Waals surface area contributed by atoms with Crippen molar-refractivity contribution in [1.29, 1.82) is 0 Å². The minimum atomic E-state index is -0.746. The van der Waals surface area contributed by atoms with Crippen molar-refractivity contribution < 1.29 is 29.0 Å². The summed E-state index contributed by atoms with van der Waals surface area (Å²) in [6.45, 7) is -0.0877. The lowest BCUT2D eigenvalue weighted by molar-refractivity contribution is -0.384. The summed E-state index contributed by atoms with van der Waals surface area (Å²) in [5.41, 5.74) is 0.674. The molecule has 0 aliphatic carbocycles.